The van der Waals surface area contributed by atoms with Crippen molar-refractivity contribution in [2.24, 2.45) is 0 Å². The number of carbonyl (C=O) groups excluding carboxylic acids is 2. The molecular formula is C23H16ClN3O4S2. The molecule has 0 spiro atoms. The monoisotopic (exact) mass is 497 g/mol. The fraction of sp³-hybridized carbons (Fsp3) is 0.130. The molecule has 2 aromatic heterocycles. The molecule has 4 aromatic rings. The van der Waals surface area contributed by atoms with Crippen LogP contribution in [0.15, 0.2) is 53.8 Å². The number of nitrogens with zero attached hydrogens (tertiary/aromatic N) is 3. The number of thiazole rings is 2. The second-order valence-corrected chi connectivity index (χ2v) is 10.2. The number of ketones is 1. The second kappa shape index (κ2) is 7.95. The van der Waals surface area contributed by atoms with Crippen molar-refractivity contribution >= 4 is 61.3 Å². The predicted octanol–water partition coefficient (Wildman–Crippen LogP) is 5.51. The number of hydrogen-bond donors (Lipinski definition) is 2. The van der Waals surface area contributed by atoms with Crippen LogP contribution in [0.4, 0.5) is 5.13 Å². The number of aliphatic hydroxyl groups is 1. The van der Waals surface area contributed by atoms with E-state index in [9.17, 15) is 19.8 Å². The Morgan fingerprint density at radius 1 is 1.06 bits per heavy atom. The number of aliphatic hydroxyl groups excluding tert-OH is 1. The molecule has 1 aliphatic heterocycles. The molecule has 7 nitrogen and oxygen atoms in total. The van der Waals surface area contributed by atoms with E-state index in [4.69, 9.17) is 11.6 Å². The number of aryl methyl sites for hydroxylation is 2. The Kier molecular flexibility index (Phi) is 5.19. The summed E-state index contributed by atoms with van der Waals surface area (Å²) >= 11 is 8.55. The number of amides is 1. The van der Waals surface area contributed by atoms with E-state index in [1.807, 2.05) is 0 Å². The van der Waals surface area contributed by atoms with Gasteiger partial charge in [0.15, 0.2) is 10.9 Å². The van der Waals surface area contributed by atoms with E-state index < -0.39 is 23.5 Å². The number of Topliss-reactive ketones (excluding diaryl/α,β-unsaturated/α-hetero) is 1. The third kappa shape index (κ3) is 3.58. The van der Waals surface area contributed by atoms with Gasteiger partial charge in [0.1, 0.15) is 5.75 Å². The van der Waals surface area contributed by atoms with Crippen LogP contribution < -0.4 is 4.90 Å². The number of halogens is 1. The lowest BCUT2D eigenvalue weighted by Gasteiger charge is -2.24. The number of carbonyl (C=O) groups is 2. The molecule has 10 heteroatoms. The number of aromatic nitrogens is 2. The summed E-state index contributed by atoms with van der Waals surface area (Å²) in [5.74, 6) is -1.77. The molecule has 166 valence electrons. The molecule has 0 aliphatic carbocycles. The van der Waals surface area contributed by atoms with E-state index in [1.165, 1.54) is 39.7 Å². The summed E-state index contributed by atoms with van der Waals surface area (Å²) in [6.07, 6.45) is 0. The van der Waals surface area contributed by atoms with E-state index in [0.717, 1.165) is 4.70 Å². The van der Waals surface area contributed by atoms with Crippen LogP contribution in [0.25, 0.3) is 10.2 Å². The minimum atomic E-state index is -0.927. The first kappa shape index (κ1) is 21.6. The van der Waals surface area contributed by atoms with E-state index in [0.29, 0.717) is 36.8 Å². The van der Waals surface area contributed by atoms with Crippen LogP contribution in [0, 0.1) is 13.8 Å². The van der Waals surface area contributed by atoms with Gasteiger partial charge in [0.2, 0.25) is 5.78 Å². The van der Waals surface area contributed by atoms with Crippen LogP contribution in [-0.4, -0.2) is 31.9 Å². The van der Waals surface area contributed by atoms with Crippen LogP contribution in [0.2, 0.25) is 5.02 Å². The van der Waals surface area contributed by atoms with Gasteiger partial charge in [0, 0.05) is 5.02 Å². The topological polar surface area (TPSA) is 104 Å². The smallest absolute Gasteiger partial charge is 0.296 e. The minimum Gasteiger partial charge on any atom is -0.508 e. The SMILES string of the molecule is Cc1nc(C)c(C(=O)C2=C(O)C(=O)N(c3nc4ccc(Cl)cc4s3)C2c2ccc(O)cc2)s1. The lowest BCUT2D eigenvalue weighted by molar-refractivity contribution is -0.117. The maximum absolute atomic E-state index is 13.6. The largest absolute Gasteiger partial charge is 0.508 e. The zero-order chi connectivity index (χ0) is 23.4. The van der Waals surface area contributed by atoms with Crippen molar-refractivity contribution in [3.63, 3.8) is 0 Å². The number of anilines is 1. The standard InChI is InChI=1S/C23H16ClN3O4S2/c1-10-21(32-11(2)25-10)19(29)17-18(12-3-6-14(28)7-4-12)27(22(31)20(17)30)23-26-15-8-5-13(24)9-16(15)33-23/h3-9,18,28,30H,1-2H3. The molecule has 0 radical (unpaired) electrons. The number of phenolic OH excluding ortho intramolecular Hbond substituents is 1. The van der Waals surface area contributed by atoms with Gasteiger partial charge < -0.3 is 10.2 Å². The van der Waals surface area contributed by atoms with Crippen LogP contribution in [0.1, 0.15) is 32.0 Å². The van der Waals surface area contributed by atoms with Crippen molar-refractivity contribution in [3.8, 4) is 5.75 Å². The first-order valence-electron chi connectivity index (χ1n) is 9.85. The Morgan fingerprint density at radius 2 is 1.79 bits per heavy atom. The molecule has 5 rings (SSSR count). The lowest BCUT2D eigenvalue weighted by Crippen LogP contribution is -2.30. The molecule has 1 unspecified atom stereocenters. The van der Waals surface area contributed by atoms with E-state index in [-0.39, 0.29) is 11.3 Å². The summed E-state index contributed by atoms with van der Waals surface area (Å²) in [7, 11) is 0. The molecule has 0 bridgehead atoms. The molecule has 0 saturated carbocycles. The highest BCUT2D eigenvalue weighted by molar-refractivity contribution is 7.22. The van der Waals surface area contributed by atoms with E-state index in [1.54, 1.807) is 44.2 Å². The van der Waals surface area contributed by atoms with E-state index >= 15 is 0 Å². The fourth-order valence-electron chi connectivity index (χ4n) is 3.86. The van der Waals surface area contributed by atoms with Crippen molar-refractivity contribution in [3.05, 3.63) is 80.0 Å². The highest BCUT2D eigenvalue weighted by Crippen LogP contribution is 2.45. The van der Waals surface area contributed by atoms with Gasteiger partial charge in [-0.25, -0.2) is 9.97 Å². The Bertz CT molecular complexity index is 1470. The van der Waals surface area contributed by atoms with Gasteiger partial charge in [0.25, 0.3) is 5.91 Å². The van der Waals surface area contributed by atoms with Crippen LogP contribution in [-0.2, 0) is 4.79 Å². The minimum absolute atomic E-state index is 0.0410. The summed E-state index contributed by atoms with van der Waals surface area (Å²) in [5.41, 5.74) is 1.68. The number of aromatic hydroxyl groups is 1. The van der Waals surface area contributed by atoms with Crippen LogP contribution in [0.3, 0.4) is 0 Å². The fourth-order valence-corrected chi connectivity index (χ4v) is 6.00. The molecule has 0 saturated heterocycles. The predicted molar refractivity (Wildman–Crippen MR) is 129 cm³/mol. The number of phenols is 1. The molecule has 1 aliphatic rings. The average Bonchev–Trinajstić information content (AvgIpc) is 3.41. The molecule has 1 amide bonds. The Hall–Kier alpha value is -3.27. The van der Waals surface area contributed by atoms with Gasteiger partial charge in [-0.3, -0.25) is 14.5 Å². The van der Waals surface area contributed by atoms with Crippen LogP contribution >= 0.6 is 34.3 Å². The first-order chi connectivity index (χ1) is 15.7. The van der Waals surface area contributed by atoms with Crippen molar-refractivity contribution in [2.45, 2.75) is 19.9 Å². The average molecular weight is 498 g/mol. The number of fused-ring (bicyclic) bond motifs is 1. The van der Waals surface area contributed by atoms with Crippen molar-refractivity contribution in [2.75, 3.05) is 4.90 Å². The zero-order valence-electron chi connectivity index (χ0n) is 17.4. The Labute approximate surface area is 201 Å². The molecule has 2 N–H and O–H groups in total. The highest BCUT2D eigenvalue weighted by atomic mass is 35.5. The van der Waals surface area contributed by atoms with Gasteiger partial charge in [-0.2, -0.15) is 0 Å². The number of benzene rings is 2. The zero-order valence-corrected chi connectivity index (χ0v) is 19.8. The second-order valence-electron chi connectivity index (χ2n) is 7.52. The van der Waals surface area contributed by atoms with Gasteiger partial charge in [-0.05, 0) is 49.7 Å². The molecular weight excluding hydrogens is 482 g/mol. The maximum Gasteiger partial charge on any atom is 0.296 e. The van der Waals surface area contributed by atoms with Crippen molar-refractivity contribution < 1.29 is 19.8 Å². The Morgan fingerprint density at radius 3 is 2.45 bits per heavy atom. The van der Waals surface area contributed by atoms with Gasteiger partial charge >= 0.3 is 0 Å². The molecule has 0 fully saturated rings. The number of hydrogen-bond acceptors (Lipinski definition) is 8. The summed E-state index contributed by atoms with van der Waals surface area (Å²) in [5, 5.41) is 22.2. The van der Waals surface area contributed by atoms with Crippen LogP contribution in [0.5, 0.6) is 5.75 Å². The summed E-state index contributed by atoms with van der Waals surface area (Å²) in [4.78, 5) is 37.4. The summed E-state index contributed by atoms with van der Waals surface area (Å²) in [6, 6.07) is 10.4. The number of rotatable bonds is 4. The Balaban J connectivity index is 1.69. The third-order valence-corrected chi connectivity index (χ3v) is 7.64. The van der Waals surface area contributed by atoms with E-state index in [2.05, 4.69) is 9.97 Å². The molecule has 3 heterocycles. The summed E-state index contributed by atoms with van der Waals surface area (Å²) in [6.45, 7) is 3.51. The normalized spacial score (nSPS) is 16.3. The molecule has 1 atom stereocenters. The third-order valence-electron chi connectivity index (χ3n) is 5.32. The molecule has 2 aromatic carbocycles. The first-order valence-corrected chi connectivity index (χ1v) is 11.9. The van der Waals surface area contributed by atoms with Crippen molar-refractivity contribution in [1.29, 1.82) is 0 Å². The maximum atomic E-state index is 13.6. The van der Waals surface area contributed by atoms with Crippen molar-refractivity contribution in [1.82, 2.24) is 9.97 Å². The molecule has 33 heavy (non-hydrogen) atoms. The highest BCUT2D eigenvalue weighted by Gasteiger charge is 2.46. The van der Waals surface area contributed by atoms with Gasteiger partial charge in [-0.1, -0.05) is 35.1 Å². The lowest BCUT2D eigenvalue weighted by atomic mass is 9.95. The summed E-state index contributed by atoms with van der Waals surface area (Å²) < 4.78 is 0.767. The van der Waals surface area contributed by atoms with Gasteiger partial charge in [0.05, 0.1) is 37.4 Å². The van der Waals surface area contributed by atoms with Gasteiger partial charge in [-0.15, -0.1) is 11.3 Å². The quantitative estimate of drug-likeness (QED) is 0.360.